The summed E-state index contributed by atoms with van der Waals surface area (Å²) in [7, 11) is 4.05. The molecule has 2 unspecified atom stereocenters. The van der Waals surface area contributed by atoms with Crippen LogP contribution in [0.1, 0.15) is 29.5 Å². The number of likely N-dealkylation sites (tertiary alicyclic amines) is 1. The van der Waals surface area contributed by atoms with Crippen molar-refractivity contribution in [2.45, 2.75) is 45.2 Å². The predicted octanol–water partition coefficient (Wildman–Crippen LogP) is 2.25. The van der Waals surface area contributed by atoms with Crippen molar-refractivity contribution in [1.82, 2.24) is 15.5 Å². The first-order valence-electron chi connectivity index (χ1n) is 7.81. The molecule has 1 fully saturated rings. The highest BCUT2D eigenvalue weighted by molar-refractivity contribution is 7.11. The molecule has 1 aromatic heterocycles. The average Bonchev–Trinajstić information content (AvgIpc) is 3.03. The minimum Gasteiger partial charge on any atom is -0.355 e. The van der Waals surface area contributed by atoms with E-state index in [2.05, 4.69) is 53.6 Å². The van der Waals surface area contributed by atoms with E-state index >= 15 is 0 Å². The van der Waals surface area contributed by atoms with Crippen LogP contribution in [0.3, 0.4) is 0 Å². The second-order valence-electron chi connectivity index (χ2n) is 5.99. The Hall–Kier alpha value is -1.07. The van der Waals surface area contributed by atoms with Gasteiger partial charge in [0.2, 0.25) is 0 Å². The number of thiophene rings is 1. The molecule has 1 saturated heterocycles. The molecule has 2 heterocycles. The van der Waals surface area contributed by atoms with Gasteiger partial charge in [0.25, 0.3) is 0 Å². The third kappa shape index (κ3) is 5.00. The fraction of sp³-hybridized carbons (Fsp3) is 0.688. The van der Waals surface area contributed by atoms with Gasteiger partial charge in [-0.3, -0.25) is 4.99 Å². The highest BCUT2D eigenvalue weighted by atomic mass is 32.1. The summed E-state index contributed by atoms with van der Waals surface area (Å²) in [5, 5.41) is 6.95. The lowest BCUT2D eigenvalue weighted by Crippen LogP contribution is -2.47. The lowest BCUT2D eigenvalue weighted by Gasteiger charge is -2.22. The first-order chi connectivity index (χ1) is 10.1. The molecule has 5 heteroatoms. The minimum atomic E-state index is 0.385. The summed E-state index contributed by atoms with van der Waals surface area (Å²) in [6, 6.07) is 5.44. The van der Waals surface area contributed by atoms with E-state index in [4.69, 9.17) is 0 Å². The number of hydrogen-bond acceptors (Lipinski definition) is 3. The fourth-order valence-electron chi connectivity index (χ4n) is 2.83. The molecule has 2 N–H and O–H groups in total. The van der Waals surface area contributed by atoms with E-state index in [0.717, 1.165) is 18.9 Å². The number of hydrogen-bond donors (Lipinski definition) is 2. The van der Waals surface area contributed by atoms with Crippen LogP contribution in [0.4, 0.5) is 0 Å². The van der Waals surface area contributed by atoms with Gasteiger partial charge >= 0.3 is 0 Å². The molecule has 0 radical (unpaired) electrons. The number of rotatable bonds is 5. The average molecular weight is 308 g/mol. The number of nitrogens with zero attached hydrogens (tertiary/aromatic N) is 2. The summed E-state index contributed by atoms with van der Waals surface area (Å²) in [6.07, 6.45) is 3.63. The number of nitrogens with one attached hydrogen (secondary N) is 2. The van der Waals surface area contributed by atoms with Gasteiger partial charge in [-0.1, -0.05) is 0 Å². The molecule has 0 saturated carbocycles. The van der Waals surface area contributed by atoms with Crippen LogP contribution in [0.25, 0.3) is 0 Å². The lowest BCUT2D eigenvalue weighted by atomic mass is 10.2. The number of likely N-dealkylation sites (N-methyl/N-ethyl adjacent to an activating group) is 1. The van der Waals surface area contributed by atoms with Gasteiger partial charge in [-0.05, 0) is 52.4 Å². The molecule has 2 rings (SSSR count). The first kappa shape index (κ1) is 16.3. The van der Waals surface area contributed by atoms with Crippen LogP contribution < -0.4 is 10.6 Å². The van der Waals surface area contributed by atoms with Gasteiger partial charge in [0.15, 0.2) is 5.96 Å². The molecular formula is C16H28N4S. The van der Waals surface area contributed by atoms with E-state index in [1.54, 1.807) is 0 Å². The van der Waals surface area contributed by atoms with E-state index in [0.29, 0.717) is 12.1 Å². The Morgan fingerprint density at radius 3 is 2.90 bits per heavy atom. The normalized spacial score (nSPS) is 21.5. The van der Waals surface area contributed by atoms with Crippen molar-refractivity contribution in [3.63, 3.8) is 0 Å². The Kier molecular flexibility index (Phi) is 6.06. The van der Waals surface area contributed by atoms with Gasteiger partial charge in [0.05, 0.1) is 0 Å². The third-order valence-electron chi connectivity index (χ3n) is 4.09. The zero-order valence-corrected chi connectivity index (χ0v) is 14.5. The predicted molar refractivity (Wildman–Crippen MR) is 92.4 cm³/mol. The number of aryl methyl sites for hydroxylation is 1. The second-order valence-corrected chi connectivity index (χ2v) is 7.36. The van der Waals surface area contributed by atoms with Crippen molar-refractivity contribution < 1.29 is 0 Å². The third-order valence-corrected chi connectivity index (χ3v) is 5.11. The summed E-state index contributed by atoms with van der Waals surface area (Å²) < 4.78 is 0. The maximum Gasteiger partial charge on any atom is 0.191 e. The van der Waals surface area contributed by atoms with Gasteiger partial charge in [0.1, 0.15) is 0 Å². The highest BCUT2D eigenvalue weighted by Crippen LogP contribution is 2.16. The Morgan fingerprint density at radius 2 is 2.33 bits per heavy atom. The van der Waals surface area contributed by atoms with Gasteiger partial charge in [-0.15, -0.1) is 11.3 Å². The molecule has 0 bridgehead atoms. The molecule has 1 aliphatic heterocycles. The molecule has 2 atom stereocenters. The molecule has 0 aromatic carbocycles. The zero-order chi connectivity index (χ0) is 15.2. The molecule has 1 aliphatic rings. The van der Waals surface area contributed by atoms with Gasteiger partial charge < -0.3 is 15.5 Å². The van der Waals surface area contributed by atoms with E-state index in [9.17, 15) is 0 Å². The summed E-state index contributed by atoms with van der Waals surface area (Å²) in [4.78, 5) is 9.58. The van der Waals surface area contributed by atoms with Crippen LogP contribution in [-0.2, 0) is 6.42 Å². The fourth-order valence-corrected chi connectivity index (χ4v) is 3.85. The summed E-state index contributed by atoms with van der Waals surface area (Å²) in [6.45, 7) is 6.56. The van der Waals surface area contributed by atoms with Crippen LogP contribution in [0, 0.1) is 6.92 Å². The largest absolute Gasteiger partial charge is 0.355 e. The van der Waals surface area contributed by atoms with Crippen molar-refractivity contribution in [2.75, 3.05) is 27.2 Å². The van der Waals surface area contributed by atoms with Gasteiger partial charge in [-0.2, -0.15) is 0 Å². The molecule has 0 spiro atoms. The molecule has 0 aliphatic carbocycles. The topological polar surface area (TPSA) is 39.7 Å². The first-order valence-corrected chi connectivity index (χ1v) is 8.63. The molecule has 1 aromatic rings. The summed E-state index contributed by atoms with van der Waals surface area (Å²) in [5.74, 6) is 0.913. The Balaban J connectivity index is 1.76. The molecule has 21 heavy (non-hydrogen) atoms. The molecule has 0 amide bonds. The van der Waals surface area contributed by atoms with Crippen molar-refractivity contribution in [3.8, 4) is 0 Å². The van der Waals surface area contributed by atoms with E-state index in [1.807, 2.05) is 18.4 Å². The Morgan fingerprint density at radius 1 is 1.52 bits per heavy atom. The molecule has 4 nitrogen and oxygen atoms in total. The number of guanidine groups is 1. The minimum absolute atomic E-state index is 0.385. The van der Waals surface area contributed by atoms with Crippen LogP contribution in [0.5, 0.6) is 0 Å². The van der Waals surface area contributed by atoms with Crippen molar-refractivity contribution in [1.29, 1.82) is 0 Å². The van der Waals surface area contributed by atoms with Gasteiger partial charge in [0, 0.05) is 41.9 Å². The quantitative estimate of drug-likeness (QED) is 0.647. The monoisotopic (exact) mass is 308 g/mol. The molecule has 118 valence electrons. The Bertz CT molecular complexity index is 469. The maximum atomic E-state index is 4.34. The van der Waals surface area contributed by atoms with Crippen molar-refractivity contribution in [3.05, 3.63) is 21.9 Å². The second kappa shape index (κ2) is 7.80. The van der Waals surface area contributed by atoms with Crippen LogP contribution in [0.15, 0.2) is 17.1 Å². The maximum absolute atomic E-state index is 4.34. The summed E-state index contributed by atoms with van der Waals surface area (Å²) >= 11 is 1.88. The van der Waals surface area contributed by atoms with E-state index < -0.39 is 0 Å². The van der Waals surface area contributed by atoms with Crippen LogP contribution in [0.2, 0.25) is 0 Å². The highest BCUT2D eigenvalue weighted by Gasteiger charge is 2.20. The number of aliphatic imine (C=N–C) groups is 1. The molecular weight excluding hydrogens is 280 g/mol. The van der Waals surface area contributed by atoms with Gasteiger partial charge in [-0.25, -0.2) is 0 Å². The standard InChI is InChI=1S/C16H28N4S/c1-12(10-15-8-7-13(2)21-15)19-16(17-3)18-11-14-6-5-9-20(14)4/h7-8,12,14H,5-6,9-11H2,1-4H3,(H2,17,18,19). The van der Waals surface area contributed by atoms with Crippen molar-refractivity contribution in [2.24, 2.45) is 4.99 Å². The van der Waals surface area contributed by atoms with E-state index in [1.165, 1.54) is 29.1 Å². The zero-order valence-electron chi connectivity index (χ0n) is 13.6. The van der Waals surface area contributed by atoms with Crippen LogP contribution >= 0.6 is 11.3 Å². The van der Waals surface area contributed by atoms with Crippen LogP contribution in [-0.4, -0.2) is 50.1 Å². The Labute approximate surface area is 132 Å². The SMILES string of the molecule is CN=C(NCC1CCCN1C)NC(C)Cc1ccc(C)s1. The van der Waals surface area contributed by atoms with Crippen molar-refractivity contribution >= 4 is 17.3 Å². The van der Waals surface area contributed by atoms with E-state index in [-0.39, 0.29) is 0 Å². The summed E-state index contributed by atoms with van der Waals surface area (Å²) in [5.41, 5.74) is 0. The lowest BCUT2D eigenvalue weighted by molar-refractivity contribution is 0.309. The smallest absolute Gasteiger partial charge is 0.191 e.